The van der Waals surface area contributed by atoms with E-state index in [1.807, 2.05) is 32.9 Å². The van der Waals surface area contributed by atoms with Crippen molar-refractivity contribution in [2.24, 2.45) is 0 Å². The SMILES string of the molecule is CC(=O)N(CC(=O)NC1CC1)c1c(C)cc(C)cc1C. The molecule has 1 aliphatic carbocycles. The summed E-state index contributed by atoms with van der Waals surface area (Å²) >= 11 is 0. The van der Waals surface area contributed by atoms with Gasteiger partial charge in [-0.05, 0) is 44.7 Å². The number of amides is 2. The van der Waals surface area contributed by atoms with Crippen LogP contribution in [0.5, 0.6) is 0 Å². The minimum absolute atomic E-state index is 0.0814. The van der Waals surface area contributed by atoms with Crippen molar-refractivity contribution in [3.8, 4) is 0 Å². The Labute approximate surface area is 120 Å². The second kappa shape index (κ2) is 5.65. The van der Waals surface area contributed by atoms with E-state index < -0.39 is 0 Å². The first-order valence-electron chi connectivity index (χ1n) is 7.04. The van der Waals surface area contributed by atoms with E-state index in [4.69, 9.17) is 0 Å². The number of rotatable bonds is 4. The summed E-state index contributed by atoms with van der Waals surface area (Å²) in [6.45, 7) is 7.58. The number of hydrogen-bond donors (Lipinski definition) is 1. The topological polar surface area (TPSA) is 49.4 Å². The lowest BCUT2D eigenvalue weighted by molar-refractivity contribution is -0.123. The van der Waals surface area contributed by atoms with Crippen LogP contribution in [0.25, 0.3) is 0 Å². The lowest BCUT2D eigenvalue weighted by Crippen LogP contribution is -2.41. The largest absolute Gasteiger partial charge is 0.352 e. The smallest absolute Gasteiger partial charge is 0.240 e. The summed E-state index contributed by atoms with van der Waals surface area (Å²) in [5.41, 5.74) is 4.07. The van der Waals surface area contributed by atoms with Gasteiger partial charge in [0.05, 0.1) is 5.69 Å². The van der Waals surface area contributed by atoms with E-state index in [1.54, 1.807) is 4.90 Å². The van der Waals surface area contributed by atoms with Gasteiger partial charge in [0, 0.05) is 13.0 Å². The fourth-order valence-electron chi connectivity index (χ4n) is 2.59. The Hall–Kier alpha value is -1.84. The average Bonchev–Trinajstić information content (AvgIpc) is 3.09. The number of anilines is 1. The number of aryl methyl sites for hydroxylation is 3. The van der Waals surface area contributed by atoms with Gasteiger partial charge in [-0.3, -0.25) is 9.59 Å². The highest BCUT2D eigenvalue weighted by atomic mass is 16.2. The minimum Gasteiger partial charge on any atom is -0.352 e. The Morgan fingerprint density at radius 1 is 1.20 bits per heavy atom. The van der Waals surface area contributed by atoms with Crippen LogP contribution in [0, 0.1) is 20.8 Å². The van der Waals surface area contributed by atoms with Gasteiger partial charge in [0.15, 0.2) is 0 Å². The van der Waals surface area contributed by atoms with Crippen molar-refractivity contribution in [2.45, 2.75) is 46.6 Å². The summed E-state index contributed by atoms with van der Waals surface area (Å²) in [5.74, 6) is -0.187. The highest BCUT2D eigenvalue weighted by Crippen LogP contribution is 2.26. The third-order valence-electron chi connectivity index (χ3n) is 3.53. The van der Waals surface area contributed by atoms with Gasteiger partial charge in [-0.25, -0.2) is 0 Å². The molecular weight excluding hydrogens is 252 g/mol. The molecule has 1 fully saturated rings. The maximum atomic E-state index is 12.0. The normalized spacial score (nSPS) is 14.0. The van der Waals surface area contributed by atoms with Crippen LogP contribution in [0.3, 0.4) is 0 Å². The molecule has 1 saturated carbocycles. The van der Waals surface area contributed by atoms with Crippen LogP contribution >= 0.6 is 0 Å². The lowest BCUT2D eigenvalue weighted by atomic mass is 10.0. The van der Waals surface area contributed by atoms with E-state index >= 15 is 0 Å². The molecule has 2 amide bonds. The zero-order valence-electron chi connectivity index (χ0n) is 12.6. The highest BCUT2D eigenvalue weighted by molar-refractivity contribution is 5.98. The molecule has 0 atom stereocenters. The number of nitrogens with zero attached hydrogens (tertiary/aromatic N) is 1. The number of nitrogens with one attached hydrogen (secondary N) is 1. The third kappa shape index (κ3) is 3.38. The van der Waals surface area contributed by atoms with Crippen molar-refractivity contribution in [1.82, 2.24) is 5.32 Å². The van der Waals surface area contributed by atoms with Crippen molar-refractivity contribution in [3.63, 3.8) is 0 Å². The Morgan fingerprint density at radius 2 is 1.75 bits per heavy atom. The molecule has 0 unspecified atom stereocenters. The van der Waals surface area contributed by atoms with Crippen LogP contribution in [-0.4, -0.2) is 24.4 Å². The minimum atomic E-state index is -0.106. The second-order valence-corrected chi connectivity index (χ2v) is 5.69. The zero-order valence-corrected chi connectivity index (χ0v) is 12.6. The Kier molecular flexibility index (Phi) is 4.12. The number of carbonyl (C=O) groups excluding carboxylic acids is 2. The van der Waals surface area contributed by atoms with Gasteiger partial charge in [0.2, 0.25) is 11.8 Å². The highest BCUT2D eigenvalue weighted by Gasteiger charge is 2.26. The molecule has 0 aliphatic heterocycles. The average molecular weight is 274 g/mol. The van der Waals surface area contributed by atoms with Crippen molar-refractivity contribution in [3.05, 3.63) is 28.8 Å². The van der Waals surface area contributed by atoms with Gasteiger partial charge >= 0.3 is 0 Å². The lowest BCUT2D eigenvalue weighted by Gasteiger charge is -2.25. The van der Waals surface area contributed by atoms with Gasteiger partial charge < -0.3 is 10.2 Å². The molecule has 0 spiro atoms. The summed E-state index contributed by atoms with van der Waals surface area (Å²) < 4.78 is 0. The van der Waals surface area contributed by atoms with Crippen LogP contribution in [0.4, 0.5) is 5.69 Å². The predicted molar refractivity (Wildman–Crippen MR) is 79.8 cm³/mol. The molecule has 4 nitrogen and oxygen atoms in total. The fourth-order valence-corrected chi connectivity index (χ4v) is 2.59. The number of benzene rings is 1. The molecule has 1 aliphatic rings. The molecular formula is C16H22N2O2. The standard InChI is InChI=1S/C16H22N2O2/c1-10-7-11(2)16(12(3)8-10)18(13(4)19)9-15(20)17-14-5-6-14/h7-8,14H,5-6,9H2,1-4H3,(H,17,20). The third-order valence-corrected chi connectivity index (χ3v) is 3.53. The summed E-state index contributed by atoms with van der Waals surface area (Å²) in [4.78, 5) is 25.5. The van der Waals surface area contributed by atoms with Crippen molar-refractivity contribution in [1.29, 1.82) is 0 Å². The van der Waals surface area contributed by atoms with Gasteiger partial charge in [0.1, 0.15) is 6.54 Å². The van der Waals surface area contributed by atoms with E-state index in [9.17, 15) is 9.59 Å². The van der Waals surface area contributed by atoms with Crippen molar-refractivity contribution < 1.29 is 9.59 Å². The maximum absolute atomic E-state index is 12.0. The number of carbonyl (C=O) groups is 2. The van der Waals surface area contributed by atoms with E-state index in [-0.39, 0.29) is 18.4 Å². The Balaban J connectivity index is 2.23. The molecule has 0 bridgehead atoms. The first-order valence-corrected chi connectivity index (χ1v) is 7.04. The second-order valence-electron chi connectivity index (χ2n) is 5.69. The molecule has 0 radical (unpaired) electrons. The number of hydrogen-bond acceptors (Lipinski definition) is 2. The van der Waals surface area contributed by atoms with Crippen LogP contribution in [0.2, 0.25) is 0 Å². The van der Waals surface area contributed by atoms with Gasteiger partial charge in [-0.15, -0.1) is 0 Å². The van der Waals surface area contributed by atoms with E-state index in [2.05, 4.69) is 5.32 Å². The summed E-state index contributed by atoms with van der Waals surface area (Å²) in [6.07, 6.45) is 2.10. The summed E-state index contributed by atoms with van der Waals surface area (Å²) in [6, 6.07) is 4.39. The molecule has 2 rings (SSSR count). The molecule has 1 aromatic carbocycles. The Bertz CT molecular complexity index is 524. The Morgan fingerprint density at radius 3 is 2.20 bits per heavy atom. The van der Waals surface area contributed by atoms with Crippen molar-refractivity contribution in [2.75, 3.05) is 11.4 Å². The predicted octanol–water partition coefficient (Wildman–Crippen LogP) is 2.24. The molecule has 108 valence electrons. The molecule has 0 heterocycles. The maximum Gasteiger partial charge on any atom is 0.240 e. The summed E-state index contributed by atoms with van der Waals surface area (Å²) in [7, 11) is 0. The van der Waals surface area contributed by atoms with E-state index in [0.717, 1.165) is 35.2 Å². The quantitative estimate of drug-likeness (QED) is 0.915. The monoisotopic (exact) mass is 274 g/mol. The van der Waals surface area contributed by atoms with E-state index in [0.29, 0.717) is 6.04 Å². The zero-order chi connectivity index (χ0) is 14.9. The van der Waals surface area contributed by atoms with E-state index in [1.165, 1.54) is 6.92 Å². The van der Waals surface area contributed by atoms with Crippen molar-refractivity contribution >= 4 is 17.5 Å². The first-order chi connectivity index (χ1) is 9.38. The van der Waals surface area contributed by atoms with Crippen LogP contribution in [0.1, 0.15) is 36.5 Å². The molecule has 1 aromatic rings. The van der Waals surface area contributed by atoms with Crippen LogP contribution in [0.15, 0.2) is 12.1 Å². The summed E-state index contributed by atoms with van der Waals surface area (Å²) in [5, 5.41) is 2.93. The fraction of sp³-hybridized carbons (Fsp3) is 0.500. The molecule has 4 heteroatoms. The molecule has 0 aromatic heterocycles. The molecule has 0 saturated heterocycles. The molecule has 1 N–H and O–H groups in total. The van der Waals surface area contributed by atoms with Crippen LogP contribution < -0.4 is 10.2 Å². The first kappa shape index (κ1) is 14.6. The van der Waals surface area contributed by atoms with Gasteiger partial charge in [0.25, 0.3) is 0 Å². The molecule has 20 heavy (non-hydrogen) atoms. The van der Waals surface area contributed by atoms with Gasteiger partial charge in [-0.2, -0.15) is 0 Å². The van der Waals surface area contributed by atoms with Gasteiger partial charge in [-0.1, -0.05) is 17.7 Å². The van der Waals surface area contributed by atoms with Crippen LogP contribution in [-0.2, 0) is 9.59 Å².